The Hall–Kier alpha value is -2.85. The molecular weight excluding hydrogens is 484 g/mol. The molecule has 0 spiro atoms. The summed E-state index contributed by atoms with van der Waals surface area (Å²) in [5, 5.41) is 12.5. The lowest BCUT2D eigenvalue weighted by atomic mass is 9.88. The molecule has 0 fully saturated rings. The maximum atomic E-state index is 12.8. The van der Waals surface area contributed by atoms with Crippen molar-refractivity contribution in [1.29, 1.82) is 0 Å². The number of hydrogen-bond donors (Lipinski definition) is 1. The van der Waals surface area contributed by atoms with Gasteiger partial charge in [0.2, 0.25) is 5.91 Å². The fourth-order valence-corrected chi connectivity index (χ4v) is 6.21. The summed E-state index contributed by atoms with van der Waals surface area (Å²) in [6.07, 6.45) is 2.77. The van der Waals surface area contributed by atoms with E-state index < -0.39 is 5.97 Å². The van der Waals surface area contributed by atoms with Gasteiger partial charge in [-0.15, -0.1) is 21.5 Å². The standard InChI is InChI=1S/C25H30N4O4S2/c1-14-9-10-17-19(11-14)35-23(22(17)24(31)32-5)26-21(30)13-34-25-28-27-20(29(25)4)12-33-18-8-6-7-15(2)16(18)3/h6-8,14H,9-13H2,1-5H3,(H,26,30). The van der Waals surface area contributed by atoms with Crippen LogP contribution >= 0.6 is 23.1 Å². The largest absolute Gasteiger partial charge is 0.485 e. The number of hydrogen-bond acceptors (Lipinski definition) is 8. The van der Waals surface area contributed by atoms with Crippen molar-refractivity contribution in [3.63, 3.8) is 0 Å². The molecule has 1 unspecified atom stereocenters. The minimum atomic E-state index is -0.401. The quantitative estimate of drug-likeness (QED) is 0.343. The van der Waals surface area contributed by atoms with Gasteiger partial charge in [-0.2, -0.15) is 0 Å². The first-order chi connectivity index (χ1) is 16.8. The molecule has 2 aromatic heterocycles. The number of anilines is 1. The molecule has 35 heavy (non-hydrogen) atoms. The molecule has 4 rings (SSSR count). The van der Waals surface area contributed by atoms with Gasteiger partial charge in [-0.1, -0.05) is 30.8 Å². The predicted octanol–water partition coefficient (Wildman–Crippen LogP) is 4.71. The van der Waals surface area contributed by atoms with Gasteiger partial charge in [-0.3, -0.25) is 4.79 Å². The van der Waals surface area contributed by atoms with Crippen molar-refractivity contribution < 1.29 is 19.1 Å². The first-order valence-corrected chi connectivity index (χ1v) is 13.3. The molecule has 1 aliphatic rings. The van der Waals surface area contributed by atoms with Gasteiger partial charge in [0.1, 0.15) is 17.4 Å². The molecule has 10 heteroatoms. The highest BCUT2D eigenvalue weighted by atomic mass is 32.2. The predicted molar refractivity (Wildman–Crippen MR) is 137 cm³/mol. The molecule has 0 saturated carbocycles. The summed E-state index contributed by atoms with van der Waals surface area (Å²) in [4.78, 5) is 26.4. The van der Waals surface area contributed by atoms with Crippen LogP contribution in [0.3, 0.4) is 0 Å². The van der Waals surface area contributed by atoms with E-state index in [0.29, 0.717) is 27.5 Å². The molecular formula is C25H30N4O4S2. The number of fused-ring (bicyclic) bond motifs is 1. The highest BCUT2D eigenvalue weighted by molar-refractivity contribution is 7.99. The number of benzene rings is 1. The summed E-state index contributed by atoms with van der Waals surface area (Å²) in [5.41, 5.74) is 3.78. The van der Waals surface area contributed by atoms with Crippen LogP contribution in [0.2, 0.25) is 0 Å². The number of carbonyl (C=O) groups excluding carboxylic acids is 2. The fraction of sp³-hybridized carbons (Fsp3) is 0.440. The summed E-state index contributed by atoms with van der Waals surface area (Å²) in [6, 6.07) is 5.94. The highest BCUT2D eigenvalue weighted by Gasteiger charge is 2.29. The Morgan fingerprint density at radius 1 is 1.29 bits per heavy atom. The Balaban J connectivity index is 1.39. The van der Waals surface area contributed by atoms with Crippen LogP contribution in [0, 0.1) is 19.8 Å². The van der Waals surface area contributed by atoms with Crippen LogP contribution in [-0.2, 0) is 36.0 Å². The molecule has 0 saturated heterocycles. The van der Waals surface area contributed by atoms with Crippen LogP contribution < -0.4 is 10.1 Å². The van der Waals surface area contributed by atoms with E-state index in [2.05, 4.69) is 22.4 Å². The zero-order valence-electron chi connectivity index (χ0n) is 20.6. The van der Waals surface area contributed by atoms with Crippen molar-refractivity contribution in [3.8, 4) is 5.75 Å². The number of thioether (sulfide) groups is 1. The van der Waals surface area contributed by atoms with Crippen LogP contribution in [0.4, 0.5) is 5.00 Å². The lowest BCUT2D eigenvalue weighted by Crippen LogP contribution is -2.17. The number of aromatic nitrogens is 3. The minimum Gasteiger partial charge on any atom is -0.485 e. The number of aryl methyl sites for hydroxylation is 1. The van der Waals surface area contributed by atoms with Crippen molar-refractivity contribution in [1.82, 2.24) is 14.8 Å². The first kappa shape index (κ1) is 25.2. The lowest BCUT2D eigenvalue weighted by Gasteiger charge is -2.18. The van der Waals surface area contributed by atoms with E-state index in [9.17, 15) is 9.59 Å². The van der Waals surface area contributed by atoms with Crippen LogP contribution in [-0.4, -0.2) is 39.5 Å². The SMILES string of the molecule is COC(=O)c1c(NC(=O)CSc2nnc(COc3cccc(C)c3C)n2C)sc2c1CCC(C)C2. The normalized spacial score (nSPS) is 14.9. The van der Waals surface area contributed by atoms with E-state index in [1.807, 2.05) is 43.7 Å². The van der Waals surface area contributed by atoms with E-state index in [-0.39, 0.29) is 18.3 Å². The molecule has 186 valence electrons. The number of nitrogens with one attached hydrogen (secondary N) is 1. The van der Waals surface area contributed by atoms with Gasteiger partial charge in [0.05, 0.1) is 18.4 Å². The first-order valence-electron chi connectivity index (χ1n) is 11.5. The number of methoxy groups -OCH3 is 1. The van der Waals surface area contributed by atoms with E-state index in [0.717, 1.165) is 41.0 Å². The number of carbonyl (C=O) groups is 2. The maximum Gasteiger partial charge on any atom is 0.341 e. The van der Waals surface area contributed by atoms with Crippen molar-refractivity contribution >= 4 is 40.0 Å². The third-order valence-corrected chi connectivity index (χ3v) is 8.51. The van der Waals surface area contributed by atoms with Gasteiger partial charge in [0.25, 0.3) is 0 Å². The third-order valence-electron chi connectivity index (χ3n) is 6.32. The number of thiophene rings is 1. The highest BCUT2D eigenvalue weighted by Crippen LogP contribution is 2.40. The lowest BCUT2D eigenvalue weighted by molar-refractivity contribution is -0.113. The van der Waals surface area contributed by atoms with Crippen molar-refractivity contribution in [2.45, 2.75) is 51.8 Å². The Morgan fingerprint density at radius 3 is 2.86 bits per heavy atom. The average Bonchev–Trinajstić information content (AvgIpc) is 3.37. The Kier molecular flexibility index (Phi) is 7.81. The molecule has 1 atom stereocenters. The summed E-state index contributed by atoms with van der Waals surface area (Å²) in [5.74, 6) is 1.58. The second-order valence-electron chi connectivity index (χ2n) is 8.83. The Morgan fingerprint density at radius 2 is 2.09 bits per heavy atom. The van der Waals surface area contributed by atoms with E-state index in [4.69, 9.17) is 9.47 Å². The van der Waals surface area contributed by atoms with Crippen LogP contribution in [0.1, 0.15) is 51.1 Å². The topological polar surface area (TPSA) is 95.3 Å². The molecule has 0 radical (unpaired) electrons. The van der Waals surface area contributed by atoms with Gasteiger partial charge < -0.3 is 19.4 Å². The fourth-order valence-electron chi connectivity index (χ4n) is 4.07. The molecule has 1 N–H and O–H groups in total. The Bertz CT molecular complexity index is 1250. The third kappa shape index (κ3) is 5.54. The van der Waals surface area contributed by atoms with Crippen LogP contribution in [0.15, 0.2) is 23.4 Å². The number of esters is 1. The molecule has 1 amide bonds. The zero-order chi connectivity index (χ0) is 25.1. The number of ether oxygens (including phenoxy) is 2. The average molecular weight is 515 g/mol. The summed E-state index contributed by atoms with van der Waals surface area (Å²) in [7, 11) is 3.22. The van der Waals surface area contributed by atoms with E-state index in [1.54, 1.807) is 0 Å². The van der Waals surface area contributed by atoms with Gasteiger partial charge in [0.15, 0.2) is 11.0 Å². The molecule has 8 nitrogen and oxygen atoms in total. The van der Waals surface area contributed by atoms with E-state index >= 15 is 0 Å². The molecule has 1 aliphatic carbocycles. The second kappa shape index (κ2) is 10.8. The number of rotatable bonds is 8. The van der Waals surface area contributed by atoms with Crippen LogP contribution in [0.25, 0.3) is 0 Å². The van der Waals surface area contributed by atoms with Gasteiger partial charge >= 0.3 is 5.97 Å². The number of nitrogens with zero attached hydrogens (tertiary/aromatic N) is 3. The monoisotopic (exact) mass is 514 g/mol. The molecule has 1 aromatic carbocycles. The zero-order valence-corrected chi connectivity index (χ0v) is 22.3. The van der Waals surface area contributed by atoms with Gasteiger partial charge in [0, 0.05) is 11.9 Å². The van der Waals surface area contributed by atoms with E-state index in [1.165, 1.54) is 35.8 Å². The van der Waals surface area contributed by atoms with Crippen LogP contribution in [0.5, 0.6) is 5.75 Å². The molecule has 0 aliphatic heterocycles. The van der Waals surface area contributed by atoms with Crippen molar-refractivity contribution in [2.24, 2.45) is 13.0 Å². The maximum absolute atomic E-state index is 12.8. The van der Waals surface area contributed by atoms with Gasteiger partial charge in [-0.25, -0.2) is 4.79 Å². The Labute approximate surface area is 213 Å². The summed E-state index contributed by atoms with van der Waals surface area (Å²) in [6.45, 7) is 6.56. The van der Waals surface area contributed by atoms with Crippen molar-refractivity contribution in [3.05, 3.63) is 51.2 Å². The number of amides is 1. The molecule has 2 heterocycles. The smallest absolute Gasteiger partial charge is 0.341 e. The molecule has 0 bridgehead atoms. The molecule has 3 aromatic rings. The second-order valence-corrected chi connectivity index (χ2v) is 10.9. The minimum absolute atomic E-state index is 0.142. The summed E-state index contributed by atoms with van der Waals surface area (Å²) >= 11 is 2.77. The summed E-state index contributed by atoms with van der Waals surface area (Å²) < 4.78 is 12.8. The van der Waals surface area contributed by atoms with Gasteiger partial charge in [-0.05, 0) is 61.8 Å². The van der Waals surface area contributed by atoms with Crippen molar-refractivity contribution in [2.75, 3.05) is 18.2 Å².